The van der Waals surface area contributed by atoms with Crippen molar-refractivity contribution < 1.29 is 4.79 Å². The predicted molar refractivity (Wildman–Crippen MR) is 97.0 cm³/mol. The highest BCUT2D eigenvalue weighted by Crippen LogP contribution is 2.29. The van der Waals surface area contributed by atoms with Crippen LogP contribution in [0.15, 0.2) is 24.3 Å². The van der Waals surface area contributed by atoms with E-state index in [4.69, 9.17) is 16.9 Å². The fourth-order valence-corrected chi connectivity index (χ4v) is 3.19. The van der Waals surface area contributed by atoms with Gasteiger partial charge in [0.2, 0.25) is 0 Å². The van der Waals surface area contributed by atoms with Crippen LogP contribution >= 0.6 is 11.6 Å². The van der Waals surface area contributed by atoms with Gasteiger partial charge in [-0.3, -0.25) is 0 Å². The Morgan fingerprint density at radius 2 is 1.96 bits per heavy atom. The van der Waals surface area contributed by atoms with E-state index in [9.17, 15) is 4.79 Å². The number of nitriles is 1. The summed E-state index contributed by atoms with van der Waals surface area (Å²) in [6, 6.07) is 10.2. The van der Waals surface area contributed by atoms with Crippen molar-refractivity contribution in [2.45, 2.75) is 45.4 Å². The second-order valence-corrected chi connectivity index (χ2v) is 7.73. The van der Waals surface area contributed by atoms with Gasteiger partial charge in [0, 0.05) is 31.1 Å². The number of carbonyl (C=O) groups excluding carboxylic acids is 1. The number of hydrogen-bond donors (Lipinski definition) is 1. The second-order valence-electron chi connectivity index (χ2n) is 7.29. The van der Waals surface area contributed by atoms with Gasteiger partial charge < -0.3 is 10.2 Å². The van der Waals surface area contributed by atoms with E-state index in [1.165, 1.54) is 5.56 Å². The Morgan fingerprint density at radius 1 is 1.33 bits per heavy atom. The lowest BCUT2D eigenvalue weighted by molar-refractivity contribution is 0.175. The summed E-state index contributed by atoms with van der Waals surface area (Å²) in [4.78, 5) is 14.2. The van der Waals surface area contributed by atoms with Crippen molar-refractivity contribution in [1.82, 2.24) is 10.2 Å². The summed E-state index contributed by atoms with van der Waals surface area (Å²) in [5.74, 6) is 0.499. The van der Waals surface area contributed by atoms with Gasteiger partial charge in [0.1, 0.15) is 0 Å². The Kier molecular flexibility index (Phi) is 6.51. The maximum Gasteiger partial charge on any atom is 0.317 e. The summed E-state index contributed by atoms with van der Waals surface area (Å²) < 4.78 is 0. The molecule has 1 aromatic carbocycles. The minimum absolute atomic E-state index is 0.00888. The van der Waals surface area contributed by atoms with Crippen LogP contribution in [-0.4, -0.2) is 30.6 Å². The number of carbonyl (C=O) groups is 1. The highest BCUT2D eigenvalue weighted by atomic mass is 35.5. The van der Waals surface area contributed by atoms with Crippen molar-refractivity contribution in [2.75, 3.05) is 19.6 Å². The van der Waals surface area contributed by atoms with E-state index in [-0.39, 0.29) is 11.4 Å². The number of amides is 2. The molecular weight excluding hydrogens is 322 g/mol. The molecule has 2 amide bonds. The molecule has 1 aliphatic heterocycles. The molecule has 1 aliphatic rings. The first-order valence-corrected chi connectivity index (χ1v) is 8.94. The summed E-state index contributed by atoms with van der Waals surface area (Å²) >= 11 is 5.94. The molecule has 1 N–H and O–H groups in total. The number of piperidine rings is 1. The minimum Gasteiger partial charge on any atom is -0.337 e. The van der Waals surface area contributed by atoms with Gasteiger partial charge in [0.25, 0.3) is 0 Å². The largest absolute Gasteiger partial charge is 0.337 e. The lowest BCUT2D eigenvalue weighted by Crippen LogP contribution is -2.46. The highest BCUT2D eigenvalue weighted by molar-refractivity contribution is 6.30. The van der Waals surface area contributed by atoms with Crippen LogP contribution in [-0.2, 0) is 0 Å². The Balaban J connectivity index is 1.78. The lowest BCUT2D eigenvalue weighted by atomic mass is 9.88. The monoisotopic (exact) mass is 347 g/mol. The molecule has 24 heavy (non-hydrogen) atoms. The maximum absolute atomic E-state index is 12.3. The number of hydrogen-bond acceptors (Lipinski definition) is 2. The van der Waals surface area contributed by atoms with Crippen molar-refractivity contribution in [3.8, 4) is 6.07 Å². The van der Waals surface area contributed by atoms with Crippen LogP contribution in [0.5, 0.6) is 0 Å². The first kappa shape index (κ1) is 18.6. The van der Waals surface area contributed by atoms with Crippen LogP contribution in [0, 0.1) is 16.7 Å². The Morgan fingerprint density at radius 3 is 2.54 bits per heavy atom. The van der Waals surface area contributed by atoms with Crippen molar-refractivity contribution in [3.05, 3.63) is 34.9 Å². The van der Waals surface area contributed by atoms with E-state index in [2.05, 4.69) is 37.4 Å². The van der Waals surface area contributed by atoms with Crippen LogP contribution < -0.4 is 5.32 Å². The summed E-state index contributed by atoms with van der Waals surface area (Å²) in [6.45, 7) is 6.31. The highest BCUT2D eigenvalue weighted by Gasteiger charge is 2.25. The van der Waals surface area contributed by atoms with Crippen molar-refractivity contribution in [1.29, 1.82) is 5.26 Å². The molecule has 0 atom stereocenters. The Bertz CT molecular complexity index is 584. The van der Waals surface area contributed by atoms with Gasteiger partial charge in [0.05, 0.1) is 6.07 Å². The average Bonchev–Trinajstić information content (AvgIpc) is 2.59. The number of nitrogens with one attached hydrogen (secondary N) is 1. The number of halogens is 1. The second kappa shape index (κ2) is 8.39. The fraction of sp³-hybridized carbons (Fsp3) is 0.579. The van der Waals surface area contributed by atoms with Crippen LogP contribution in [0.4, 0.5) is 4.79 Å². The zero-order valence-electron chi connectivity index (χ0n) is 14.5. The minimum atomic E-state index is -0.0486. The summed E-state index contributed by atoms with van der Waals surface area (Å²) in [6.07, 6.45) is 3.28. The van der Waals surface area contributed by atoms with Gasteiger partial charge in [-0.2, -0.15) is 5.26 Å². The zero-order chi connectivity index (χ0) is 17.6. The molecule has 2 rings (SSSR count). The fourth-order valence-electron chi connectivity index (χ4n) is 3.06. The molecular formula is C19H26ClN3O. The molecule has 0 bridgehead atoms. The molecule has 4 nitrogen and oxygen atoms in total. The summed E-state index contributed by atoms with van der Waals surface area (Å²) in [5.41, 5.74) is 1.25. The third-order valence-corrected chi connectivity index (χ3v) is 5.01. The number of nitrogens with zero attached hydrogens (tertiary/aromatic N) is 2. The average molecular weight is 348 g/mol. The summed E-state index contributed by atoms with van der Waals surface area (Å²) in [5, 5.41) is 12.5. The Labute approximate surface area is 149 Å². The van der Waals surface area contributed by atoms with E-state index in [0.717, 1.165) is 37.4 Å². The van der Waals surface area contributed by atoms with E-state index >= 15 is 0 Å². The number of likely N-dealkylation sites (tertiary alicyclic amines) is 1. The van der Waals surface area contributed by atoms with Gasteiger partial charge in [-0.1, -0.05) is 37.6 Å². The van der Waals surface area contributed by atoms with E-state index < -0.39 is 0 Å². The molecule has 5 heteroatoms. The molecule has 0 spiro atoms. The standard InChI is InChI=1S/C19H26ClN3O/c1-19(2,10-3-11-21)14-22-18(24)23-12-8-16(9-13-23)15-4-6-17(20)7-5-15/h4-7,16H,3,8-10,12-14H2,1-2H3,(H,22,24). The first-order valence-electron chi connectivity index (χ1n) is 8.56. The van der Waals surface area contributed by atoms with Crippen LogP contribution in [0.2, 0.25) is 5.02 Å². The SMILES string of the molecule is CC(C)(CCC#N)CNC(=O)N1CCC(c2ccc(Cl)cc2)CC1. The van der Waals surface area contributed by atoms with Crippen molar-refractivity contribution in [3.63, 3.8) is 0 Å². The van der Waals surface area contributed by atoms with Gasteiger partial charge in [-0.15, -0.1) is 0 Å². The quantitative estimate of drug-likeness (QED) is 0.848. The molecule has 0 radical (unpaired) electrons. The van der Waals surface area contributed by atoms with Crippen molar-refractivity contribution >= 4 is 17.6 Å². The molecule has 0 unspecified atom stereocenters. The molecule has 0 aromatic heterocycles. The third-order valence-electron chi connectivity index (χ3n) is 4.76. The third kappa shape index (κ3) is 5.42. The maximum atomic E-state index is 12.3. The van der Waals surface area contributed by atoms with Gasteiger partial charge in [-0.05, 0) is 48.3 Å². The van der Waals surface area contributed by atoms with Crippen molar-refractivity contribution in [2.24, 2.45) is 5.41 Å². The lowest BCUT2D eigenvalue weighted by Gasteiger charge is -2.33. The molecule has 130 valence electrons. The molecule has 1 fully saturated rings. The van der Waals surface area contributed by atoms with Crippen LogP contribution in [0.3, 0.4) is 0 Å². The normalized spacial score (nSPS) is 15.8. The van der Waals surface area contributed by atoms with Gasteiger partial charge in [-0.25, -0.2) is 4.79 Å². The van der Waals surface area contributed by atoms with Crippen LogP contribution in [0.1, 0.15) is 51.0 Å². The van der Waals surface area contributed by atoms with E-state index in [1.807, 2.05) is 17.0 Å². The number of rotatable bonds is 5. The first-order chi connectivity index (χ1) is 11.4. The molecule has 0 aliphatic carbocycles. The molecule has 0 saturated carbocycles. The molecule has 1 heterocycles. The smallest absolute Gasteiger partial charge is 0.317 e. The van der Waals surface area contributed by atoms with E-state index in [0.29, 0.717) is 18.9 Å². The zero-order valence-corrected chi connectivity index (χ0v) is 15.3. The van der Waals surface area contributed by atoms with Gasteiger partial charge >= 0.3 is 6.03 Å². The molecule has 1 saturated heterocycles. The Hall–Kier alpha value is -1.73. The van der Waals surface area contributed by atoms with E-state index in [1.54, 1.807) is 0 Å². The number of benzene rings is 1. The topological polar surface area (TPSA) is 56.1 Å². The van der Waals surface area contributed by atoms with Gasteiger partial charge in [0.15, 0.2) is 0 Å². The number of urea groups is 1. The summed E-state index contributed by atoms with van der Waals surface area (Å²) in [7, 11) is 0. The van der Waals surface area contributed by atoms with Crippen LogP contribution in [0.25, 0.3) is 0 Å². The predicted octanol–water partition coefficient (Wildman–Crippen LogP) is 4.56. The molecule has 1 aromatic rings.